The Hall–Kier alpha value is -7.94. The Morgan fingerprint density at radius 2 is 0.969 bits per heavy atom. The fraction of sp³-hybridized carbons (Fsp3) is 0.0794. The number of rotatable bonds is 7. The van der Waals surface area contributed by atoms with Crippen molar-refractivity contribution in [1.29, 1.82) is 0 Å². The highest BCUT2D eigenvalue weighted by atomic mass is 15.1. The van der Waals surface area contributed by atoms with Gasteiger partial charge in [0.05, 0.1) is 16.7 Å². The van der Waals surface area contributed by atoms with Gasteiger partial charge in [0, 0.05) is 38.6 Å². The Balaban J connectivity index is 1.03. The average molecular weight is 833 g/mol. The van der Waals surface area contributed by atoms with Crippen LogP contribution >= 0.6 is 0 Å². The SMILES string of the molecule is C/C=C\C(=C/C)N(c1ccc(-n2c3ccccc3c3ccccc32)cc1)c1cccc2c(-c3c4ccccc4c(-c4ccc5c(c4)C(C)(C)c4ccccc4-5)c4ccccc34)cccc12. The number of aromatic nitrogens is 1. The molecule has 0 bridgehead atoms. The van der Waals surface area contributed by atoms with Crippen LogP contribution in [-0.2, 0) is 5.41 Å². The minimum Gasteiger partial charge on any atom is -0.310 e. The zero-order valence-corrected chi connectivity index (χ0v) is 37.2. The fourth-order valence-corrected chi connectivity index (χ4v) is 11.1. The summed E-state index contributed by atoms with van der Waals surface area (Å²) in [5, 5.41) is 9.96. The van der Waals surface area contributed by atoms with Crippen molar-refractivity contribution in [2.75, 3.05) is 4.90 Å². The first kappa shape index (κ1) is 38.7. The number of benzene rings is 10. The summed E-state index contributed by atoms with van der Waals surface area (Å²) in [6.07, 6.45) is 6.55. The Kier molecular flexibility index (Phi) is 9.00. The Labute approximate surface area is 380 Å². The topological polar surface area (TPSA) is 8.17 Å². The first-order chi connectivity index (χ1) is 32.0. The summed E-state index contributed by atoms with van der Waals surface area (Å²) in [6.45, 7) is 8.97. The summed E-state index contributed by atoms with van der Waals surface area (Å²) in [7, 11) is 0. The molecule has 2 heteroatoms. The van der Waals surface area contributed by atoms with Crippen molar-refractivity contribution in [3.63, 3.8) is 0 Å². The van der Waals surface area contributed by atoms with E-state index in [0.29, 0.717) is 0 Å². The zero-order valence-electron chi connectivity index (χ0n) is 37.2. The first-order valence-corrected chi connectivity index (χ1v) is 22.8. The van der Waals surface area contributed by atoms with Crippen LogP contribution in [0.25, 0.3) is 93.2 Å². The number of allylic oxidation sites excluding steroid dienone is 3. The third kappa shape index (κ3) is 5.87. The second-order valence-electron chi connectivity index (χ2n) is 17.9. The standard InChI is InChI=1S/C63H48N2/c1-5-19-42(6-2)64(43-35-37-44(38-36-43)65-59-31-15-12-21-49(59)50-22-13-16-32-60(50)65)58-33-18-27-45-48(58)28-17-29-51(45)62-54-25-9-7-23-52(54)61(53-24-8-10-26-55(53)62)41-34-39-47-46-20-11-14-30-56(46)63(3,4)57(47)40-41/h5-40H,1-4H3/b19-5-,42-6+. The van der Waals surface area contributed by atoms with Crippen molar-refractivity contribution in [2.45, 2.75) is 33.1 Å². The van der Waals surface area contributed by atoms with Gasteiger partial charge < -0.3 is 9.47 Å². The van der Waals surface area contributed by atoms with E-state index in [1.165, 1.54) is 98.6 Å². The lowest BCUT2D eigenvalue weighted by Crippen LogP contribution is -2.15. The molecule has 65 heavy (non-hydrogen) atoms. The molecule has 11 aromatic rings. The molecule has 0 atom stereocenters. The first-order valence-electron chi connectivity index (χ1n) is 22.8. The molecular weight excluding hydrogens is 785 g/mol. The maximum atomic E-state index is 2.47. The van der Waals surface area contributed by atoms with Crippen LogP contribution in [0.4, 0.5) is 11.4 Å². The largest absolute Gasteiger partial charge is 0.310 e. The van der Waals surface area contributed by atoms with Crippen molar-refractivity contribution in [3.05, 3.63) is 235 Å². The second kappa shape index (κ2) is 15.1. The van der Waals surface area contributed by atoms with Crippen molar-refractivity contribution in [3.8, 4) is 39.1 Å². The third-order valence-electron chi connectivity index (χ3n) is 14.1. The summed E-state index contributed by atoms with van der Waals surface area (Å²) in [6, 6.07) is 74.3. The number of anilines is 2. The molecule has 12 rings (SSSR count). The van der Waals surface area contributed by atoms with Gasteiger partial charge in [-0.05, 0) is 140 Å². The highest BCUT2D eigenvalue weighted by Crippen LogP contribution is 2.52. The van der Waals surface area contributed by atoms with E-state index in [9.17, 15) is 0 Å². The molecule has 1 heterocycles. The molecule has 1 aliphatic carbocycles. The van der Waals surface area contributed by atoms with E-state index in [1.54, 1.807) is 0 Å². The molecule has 0 aliphatic heterocycles. The van der Waals surface area contributed by atoms with Gasteiger partial charge in [-0.1, -0.05) is 178 Å². The lowest BCUT2D eigenvalue weighted by molar-refractivity contribution is 0.660. The van der Waals surface area contributed by atoms with Gasteiger partial charge in [-0.2, -0.15) is 0 Å². The average Bonchev–Trinajstić information content (AvgIpc) is 3.81. The number of hydrogen-bond donors (Lipinski definition) is 0. The van der Waals surface area contributed by atoms with Gasteiger partial charge in [-0.25, -0.2) is 0 Å². The summed E-state index contributed by atoms with van der Waals surface area (Å²) < 4.78 is 2.38. The van der Waals surface area contributed by atoms with Gasteiger partial charge >= 0.3 is 0 Å². The van der Waals surface area contributed by atoms with Crippen LogP contribution in [0.15, 0.2) is 224 Å². The minimum atomic E-state index is -0.0871. The molecule has 0 N–H and O–H groups in total. The molecule has 10 aromatic carbocycles. The number of hydrogen-bond acceptors (Lipinski definition) is 1. The summed E-state index contributed by atoms with van der Waals surface area (Å²) >= 11 is 0. The van der Waals surface area contributed by atoms with Crippen LogP contribution in [0.5, 0.6) is 0 Å². The van der Waals surface area contributed by atoms with Crippen molar-refractivity contribution in [1.82, 2.24) is 4.57 Å². The van der Waals surface area contributed by atoms with Crippen LogP contribution in [-0.4, -0.2) is 4.57 Å². The summed E-state index contributed by atoms with van der Waals surface area (Å²) in [4.78, 5) is 2.41. The lowest BCUT2D eigenvalue weighted by atomic mass is 9.80. The maximum Gasteiger partial charge on any atom is 0.0541 e. The Morgan fingerprint density at radius 1 is 0.446 bits per heavy atom. The normalized spacial score (nSPS) is 13.4. The van der Waals surface area contributed by atoms with E-state index < -0.39 is 0 Å². The van der Waals surface area contributed by atoms with Gasteiger partial charge in [-0.15, -0.1) is 0 Å². The fourth-order valence-electron chi connectivity index (χ4n) is 11.1. The van der Waals surface area contributed by atoms with Gasteiger partial charge in [0.1, 0.15) is 0 Å². The molecule has 310 valence electrons. The second-order valence-corrected chi connectivity index (χ2v) is 17.9. The molecule has 0 spiro atoms. The monoisotopic (exact) mass is 832 g/mol. The van der Waals surface area contributed by atoms with Crippen LogP contribution in [0.3, 0.4) is 0 Å². The smallest absolute Gasteiger partial charge is 0.0541 e. The Morgan fingerprint density at radius 3 is 1.62 bits per heavy atom. The third-order valence-corrected chi connectivity index (χ3v) is 14.1. The molecule has 2 nitrogen and oxygen atoms in total. The Bertz CT molecular complexity index is 3650. The van der Waals surface area contributed by atoms with Gasteiger partial charge in [-0.3, -0.25) is 0 Å². The van der Waals surface area contributed by atoms with Crippen molar-refractivity contribution < 1.29 is 0 Å². The zero-order chi connectivity index (χ0) is 43.8. The summed E-state index contributed by atoms with van der Waals surface area (Å²) in [5.74, 6) is 0. The number of fused-ring (bicyclic) bond motifs is 9. The highest BCUT2D eigenvalue weighted by Gasteiger charge is 2.35. The molecule has 1 aliphatic rings. The highest BCUT2D eigenvalue weighted by molar-refractivity contribution is 6.24. The quantitative estimate of drug-likeness (QED) is 0.115. The van der Waals surface area contributed by atoms with Gasteiger partial charge in [0.15, 0.2) is 0 Å². The summed E-state index contributed by atoms with van der Waals surface area (Å²) in [5.41, 5.74) is 17.3. The van der Waals surface area contributed by atoms with Crippen LogP contribution in [0, 0.1) is 0 Å². The molecular formula is C63H48N2. The van der Waals surface area contributed by atoms with Crippen molar-refractivity contribution in [2.24, 2.45) is 0 Å². The number of para-hydroxylation sites is 2. The molecule has 1 aromatic heterocycles. The molecule has 0 saturated heterocycles. The number of nitrogens with zero attached hydrogens (tertiary/aromatic N) is 2. The molecule has 0 amide bonds. The van der Waals surface area contributed by atoms with Crippen LogP contribution < -0.4 is 4.90 Å². The molecule has 0 fully saturated rings. The van der Waals surface area contributed by atoms with E-state index >= 15 is 0 Å². The molecule has 0 unspecified atom stereocenters. The molecule has 0 radical (unpaired) electrons. The van der Waals surface area contributed by atoms with E-state index in [2.05, 4.69) is 256 Å². The predicted octanol–water partition coefficient (Wildman–Crippen LogP) is 17.5. The van der Waals surface area contributed by atoms with Crippen LogP contribution in [0.2, 0.25) is 0 Å². The van der Waals surface area contributed by atoms with E-state index in [1.807, 2.05) is 0 Å². The van der Waals surface area contributed by atoms with E-state index in [4.69, 9.17) is 0 Å². The maximum absolute atomic E-state index is 2.47. The van der Waals surface area contributed by atoms with Gasteiger partial charge in [0.2, 0.25) is 0 Å². The lowest BCUT2D eigenvalue weighted by Gasteiger charge is -2.28. The van der Waals surface area contributed by atoms with E-state index in [-0.39, 0.29) is 5.41 Å². The van der Waals surface area contributed by atoms with E-state index in [0.717, 1.165) is 22.8 Å². The van der Waals surface area contributed by atoms with Crippen molar-refractivity contribution >= 4 is 65.5 Å². The predicted molar refractivity (Wildman–Crippen MR) is 279 cm³/mol. The molecule has 0 saturated carbocycles. The van der Waals surface area contributed by atoms with Crippen LogP contribution in [0.1, 0.15) is 38.8 Å². The van der Waals surface area contributed by atoms with Gasteiger partial charge in [0.25, 0.3) is 0 Å². The minimum absolute atomic E-state index is 0.0871.